The van der Waals surface area contributed by atoms with E-state index < -0.39 is 0 Å². The molecule has 3 heteroatoms. The van der Waals surface area contributed by atoms with Crippen LogP contribution in [0.2, 0.25) is 5.02 Å². The van der Waals surface area contributed by atoms with Crippen LogP contribution < -0.4 is 0 Å². The number of ketones is 1. The first-order valence-corrected chi connectivity index (χ1v) is 8.44. The zero-order valence-corrected chi connectivity index (χ0v) is 13.9. The lowest BCUT2D eigenvalue weighted by Gasteiger charge is -2.11. The van der Waals surface area contributed by atoms with Gasteiger partial charge in [-0.1, -0.05) is 66.2 Å². The molecule has 0 amide bonds. The van der Waals surface area contributed by atoms with Gasteiger partial charge in [0, 0.05) is 32.7 Å². The van der Waals surface area contributed by atoms with Gasteiger partial charge in [-0.25, -0.2) is 4.98 Å². The highest BCUT2D eigenvalue weighted by atomic mass is 35.5. The third-order valence-corrected chi connectivity index (χ3v) is 4.93. The van der Waals surface area contributed by atoms with Crippen LogP contribution in [0.1, 0.15) is 15.9 Å². The van der Waals surface area contributed by atoms with Crippen molar-refractivity contribution in [2.45, 2.75) is 0 Å². The largest absolute Gasteiger partial charge is 0.289 e. The average Bonchev–Trinajstić information content (AvgIpc) is 2.96. The number of pyridine rings is 1. The first kappa shape index (κ1) is 14.4. The second-order valence-corrected chi connectivity index (χ2v) is 6.55. The molecule has 118 valence electrons. The average molecular weight is 342 g/mol. The van der Waals surface area contributed by atoms with Crippen LogP contribution in [0, 0.1) is 0 Å². The monoisotopic (exact) mass is 341 g/mol. The molecule has 1 aliphatic carbocycles. The summed E-state index contributed by atoms with van der Waals surface area (Å²) in [4.78, 5) is 18.0. The van der Waals surface area contributed by atoms with Gasteiger partial charge in [0.2, 0.25) is 0 Å². The molecule has 0 spiro atoms. The fourth-order valence-electron chi connectivity index (χ4n) is 3.56. The molecule has 0 atom stereocenters. The number of carbonyl (C=O) groups excluding carboxylic acids is 1. The third kappa shape index (κ3) is 2.04. The third-order valence-electron chi connectivity index (χ3n) is 4.68. The van der Waals surface area contributed by atoms with Gasteiger partial charge in [0.05, 0.1) is 11.2 Å². The van der Waals surface area contributed by atoms with E-state index in [0.29, 0.717) is 5.02 Å². The Labute approximate surface area is 149 Å². The smallest absolute Gasteiger partial charge is 0.195 e. The fraction of sp³-hybridized carbons (Fsp3) is 0. The standard InChI is InChI=1S/C22H12ClNO/c23-14-11-9-13(10-12-14)21-19-15-5-1-2-6-16(15)22(25)20(19)17-7-3-4-8-18(17)24-21/h1-12H. The molecule has 0 saturated carbocycles. The Kier molecular flexibility index (Phi) is 3.03. The minimum Gasteiger partial charge on any atom is -0.289 e. The Hall–Kier alpha value is -2.97. The van der Waals surface area contributed by atoms with Gasteiger partial charge in [-0.2, -0.15) is 0 Å². The van der Waals surface area contributed by atoms with Gasteiger partial charge in [0.15, 0.2) is 5.78 Å². The maximum atomic E-state index is 13.1. The molecule has 1 aliphatic rings. The first-order valence-electron chi connectivity index (χ1n) is 8.07. The molecule has 3 aromatic carbocycles. The van der Waals surface area contributed by atoms with Crippen LogP contribution in [0.4, 0.5) is 0 Å². The molecule has 0 bridgehead atoms. The molecular weight excluding hydrogens is 330 g/mol. The van der Waals surface area contributed by atoms with Crippen LogP contribution in [-0.2, 0) is 0 Å². The molecule has 0 radical (unpaired) electrons. The number of hydrogen-bond donors (Lipinski definition) is 0. The topological polar surface area (TPSA) is 30.0 Å². The van der Waals surface area contributed by atoms with Crippen LogP contribution in [0.15, 0.2) is 72.8 Å². The number of carbonyl (C=O) groups is 1. The highest BCUT2D eigenvalue weighted by Gasteiger charge is 2.31. The molecule has 0 fully saturated rings. The lowest BCUT2D eigenvalue weighted by atomic mass is 9.96. The van der Waals surface area contributed by atoms with Crippen molar-refractivity contribution < 1.29 is 4.79 Å². The summed E-state index contributed by atoms with van der Waals surface area (Å²) in [6, 6.07) is 23.2. The fourth-order valence-corrected chi connectivity index (χ4v) is 3.69. The molecule has 0 N–H and O–H groups in total. The van der Waals surface area contributed by atoms with Gasteiger partial charge >= 0.3 is 0 Å². The van der Waals surface area contributed by atoms with Crippen molar-refractivity contribution in [3.63, 3.8) is 0 Å². The van der Waals surface area contributed by atoms with Crippen LogP contribution in [0.25, 0.3) is 33.3 Å². The maximum Gasteiger partial charge on any atom is 0.195 e. The van der Waals surface area contributed by atoms with Crippen LogP contribution in [0.5, 0.6) is 0 Å². The number of benzene rings is 3. The number of fused-ring (bicyclic) bond motifs is 5. The molecule has 2 nitrogen and oxygen atoms in total. The summed E-state index contributed by atoms with van der Waals surface area (Å²) in [5, 5.41) is 1.58. The Balaban J connectivity index is 1.95. The van der Waals surface area contributed by atoms with Crippen LogP contribution in [0.3, 0.4) is 0 Å². The molecule has 1 aromatic heterocycles. The number of rotatable bonds is 1. The second-order valence-electron chi connectivity index (χ2n) is 6.11. The number of para-hydroxylation sites is 1. The quantitative estimate of drug-likeness (QED) is 0.387. The molecule has 1 heterocycles. The van der Waals surface area contributed by atoms with E-state index in [2.05, 4.69) is 0 Å². The first-order chi connectivity index (χ1) is 12.2. The number of hydrogen-bond acceptors (Lipinski definition) is 2. The molecule has 0 saturated heterocycles. The van der Waals surface area contributed by atoms with E-state index in [1.54, 1.807) is 0 Å². The molecule has 5 rings (SSSR count). The highest BCUT2D eigenvalue weighted by Crippen LogP contribution is 2.44. The van der Waals surface area contributed by atoms with Crippen molar-refractivity contribution in [3.05, 3.63) is 88.9 Å². The van der Waals surface area contributed by atoms with E-state index in [-0.39, 0.29) is 5.78 Å². The summed E-state index contributed by atoms with van der Waals surface area (Å²) in [6.45, 7) is 0. The Morgan fingerprint density at radius 1 is 0.720 bits per heavy atom. The number of nitrogens with zero attached hydrogens (tertiary/aromatic N) is 1. The van der Waals surface area contributed by atoms with E-state index in [9.17, 15) is 4.79 Å². The normalized spacial score (nSPS) is 12.3. The zero-order chi connectivity index (χ0) is 17.0. The minimum atomic E-state index is 0.0689. The van der Waals surface area contributed by atoms with E-state index >= 15 is 0 Å². The van der Waals surface area contributed by atoms with Crippen molar-refractivity contribution >= 4 is 28.3 Å². The number of aromatic nitrogens is 1. The van der Waals surface area contributed by atoms with Crippen LogP contribution >= 0.6 is 11.6 Å². The predicted molar refractivity (Wildman–Crippen MR) is 101 cm³/mol. The molecule has 0 aliphatic heterocycles. The van der Waals surface area contributed by atoms with Crippen molar-refractivity contribution in [2.24, 2.45) is 0 Å². The van der Waals surface area contributed by atoms with Crippen LogP contribution in [-0.4, -0.2) is 10.8 Å². The minimum absolute atomic E-state index is 0.0689. The Bertz CT molecular complexity index is 1160. The van der Waals surface area contributed by atoms with Crippen molar-refractivity contribution in [3.8, 4) is 22.4 Å². The molecule has 25 heavy (non-hydrogen) atoms. The summed E-state index contributed by atoms with van der Waals surface area (Å²) in [6.07, 6.45) is 0. The summed E-state index contributed by atoms with van der Waals surface area (Å²) >= 11 is 6.04. The van der Waals surface area contributed by atoms with E-state index in [0.717, 1.165) is 44.4 Å². The van der Waals surface area contributed by atoms with Gasteiger partial charge in [0.25, 0.3) is 0 Å². The van der Waals surface area contributed by atoms with E-state index in [1.165, 1.54) is 0 Å². The Morgan fingerprint density at radius 2 is 1.40 bits per heavy atom. The van der Waals surface area contributed by atoms with Gasteiger partial charge in [0.1, 0.15) is 0 Å². The molecule has 4 aromatic rings. The number of halogens is 1. The van der Waals surface area contributed by atoms with E-state index in [1.807, 2.05) is 72.8 Å². The van der Waals surface area contributed by atoms with Gasteiger partial charge in [-0.05, 0) is 23.8 Å². The maximum absolute atomic E-state index is 13.1. The summed E-state index contributed by atoms with van der Waals surface area (Å²) < 4.78 is 0. The lowest BCUT2D eigenvalue weighted by Crippen LogP contribution is -1.99. The highest BCUT2D eigenvalue weighted by molar-refractivity contribution is 6.31. The van der Waals surface area contributed by atoms with Gasteiger partial charge in [-0.15, -0.1) is 0 Å². The lowest BCUT2D eigenvalue weighted by molar-refractivity contribution is 0.104. The van der Waals surface area contributed by atoms with Gasteiger partial charge in [-0.3, -0.25) is 4.79 Å². The van der Waals surface area contributed by atoms with Crippen molar-refractivity contribution in [1.29, 1.82) is 0 Å². The predicted octanol–water partition coefficient (Wildman–Crippen LogP) is 5.77. The second kappa shape index (κ2) is 5.27. The Morgan fingerprint density at radius 3 is 2.20 bits per heavy atom. The summed E-state index contributed by atoms with van der Waals surface area (Å²) in [5.41, 5.74) is 5.96. The van der Waals surface area contributed by atoms with Gasteiger partial charge < -0.3 is 0 Å². The van der Waals surface area contributed by atoms with Crippen molar-refractivity contribution in [1.82, 2.24) is 4.98 Å². The SMILES string of the molecule is O=C1c2ccccc2-c2c(-c3ccc(Cl)cc3)nc3ccccc3c21. The van der Waals surface area contributed by atoms with E-state index in [4.69, 9.17) is 16.6 Å². The van der Waals surface area contributed by atoms with Crippen molar-refractivity contribution in [2.75, 3.05) is 0 Å². The molecular formula is C22H12ClNO. The zero-order valence-electron chi connectivity index (χ0n) is 13.2. The molecule has 0 unspecified atom stereocenters. The summed E-state index contributed by atoms with van der Waals surface area (Å²) in [5.74, 6) is 0.0689. The summed E-state index contributed by atoms with van der Waals surface area (Å²) in [7, 11) is 0.